The maximum absolute atomic E-state index is 12.6. The Kier molecular flexibility index (Phi) is 5.17. The number of anilines is 1. The van der Waals surface area contributed by atoms with Gasteiger partial charge in [0.25, 0.3) is 5.69 Å². The zero-order valence-electron chi connectivity index (χ0n) is 15.1. The van der Waals surface area contributed by atoms with Crippen molar-refractivity contribution in [1.29, 1.82) is 0 Å². The molecule has 2 heterocycles. The minimum atomic E-state index is -0.510. The maximum Gasteiger partial charge on any atom is 0.293 e. The molecular formula is C21H15N3O4S. The van der Waals surface area contributed by atoms with Gasteiger partial charge in [-0.25, -0.2) is 4.98 Å². The molecule has 0 unspecified atom stereocenters. The van der Waals surface area contributed by atoms with Crippen LogP contribution in [0.15, 0.2) is 76.7 Å². The van der Waals surface area contributed by atoms with Gasteiger partial charge >= 0.3 is 0 Å². The number of carbonyl (C=O) groups is 1. The summed E-state index contributed by atoms with van der Waals surface area (Å²) in [7, 11) is 0. The number of nitrogens with zero attached hydrogens (tertiary/aromatic N) is 2. The smallest absolute Gasteiger partial charge is 0.293 e. The van der Waals surface area contributed by atoms with Crippen LogP contribution in [0, 0.1) is 10.1 Å². The number of hydrogen-bond acceptors (Lipinski definition) is 7. The number of carbonyl (C=O) groups excluding carboxylic acids is 1. The zero-order valence-corrected chi connectivity index (χ0v) is 15.9. The molecule has 0 aliphatic rings. The molecule has 0 aliphatic heterocycles. The van der Waals surface area contributed by atoms with Gasteiger partial charge in [-0.05, 0) is 23.6 Å². The number of rotatable bonds is 7. The second-order valence-electron chi connectivity index (χ2n) is 6.16. The molecule has 29 heavy (non-hydrogen) atoms. The van der Waals surface area contributed by atoms with E-state index in [2.05, 4.69) is 10.3 Å². The lowest BCUT2D eigenvalue weighted by Gasteiger charge is -2.07. The van der Waals surface area contributed by atoms with Crippen LogP contribution >= 0.6 is 11.3 Å². The van der Waals surface area contributed by atoms with Crippen molar-refractivity contribution in [2.45, 2.75) is 6.54 Å². The number of thiophene rings is 1. The van der Waals surface area contributed by atoms with Crippen molar-refractivity contribution in [3.05, 3.63) is 99.2 Å². The summed E-state index contributed by atoms with van der Waals surface area (Å²) in [5.74, 6) is 0.243. The third kappa shape index (κ3) is 4.07. The monoisotopic (exact) mass is 405 g/mol. The summed E-state index contributed by atoms with van der Waals surface area (Å²) >= 11 is 1.51. The largest absolute Gasteiger partial charge is 0.443 e. The lowest BCUT2D eigenvalue weighted by molar-refractivity contribution is -0.384. The molecule has 0 radical (unpaired) electrons. The van der Waals surface area contributed by atoms with Crippen molar-refractivity contribution in [3.63, 3.8) is 0 Å². The van der Waals surface area contributed by atoms with Crippen LogP contribution in [-0.2, 0) is 6.54 Å². The first-order valence-corrected chi connectivity index (χ1v) is 9.60. The third-order valence-corrected chi connectivity index (χ3v) is 5.09. The van der Waals surface area contributed by atoms with Gasteiger partial charge in [0.2, 0.25) is 5.89 Å². The van der Waals surface area contributed by atoms with Gasteiger partial charge in [-0.15, -0.1) is 11.3 Å². The summed E-state index contributed by atoms with van der Waals surface area (Å²) in [5, 5.41) is 16.5. The predicted molar refractivity (Wildman–Crippen MR) is 110 cm³/mol. The summed E-state index contributed by atoms with van der Waals surface area (Å²) in [6.45, 7) is 0.252. The van der Waals surface area contributed by atoms with Crippen molar-refractivity contribution in [1.82, 2.24) is 4.98 Å². The van der Waals surface area contributed by atoms with Crippen LogP contribution in [0.5, 0.6) is 0 Å². The van der Waals surface area contributed by atoms with E-state index in [-0.39, 0.29) is 23.6 Å². The minimum Gasteiger partial charge on any atom is -0.443 e. The van der Waals surface area contributed by atoms with E-state index in [9.17, 15) is 14.9 Å². The molecule has 2 aromatic carbocycles. The van der Waals surface area contributed by atoms with Crippen LogP contribution in [0.25, 0.3) is 10.8 Å². The SMILES string of the molecule is O=C(c1ccccc1)c1ccc(NCc2coc(-c3cccs3)n2)c([N+](=O)[O-])c1. The second-order valence-corrected chi connectivity index (χ2v) is 7.11. The molecular weight excluding hydrogens is 390 g/mol. The second kappa shape index (κ2) is 8.07. The van der Waals surface area contributed by atoms with E-state index in [0.717, 1.165) is 4.88 Å². The van der Waals surface area contributed by atoms with E-state index in [1.54, 1.807) is 36.4 Å². The Morgan fingerprint density at radius 3 is 2.66 bits per heavy atom. The number of aromatic nitrogens is 1. The van der Waals surface area contributed by atoms with Gasteiger partial charge < -0.3 is 9.73 Å². The molecule has 2 aromatic heterocycles. The van der Waals surface area contributed by atoms with Crippen molar-refractivity contribution < 1.29 is 14.1 Å². The molecule has 0 aliphatic carbocycles. The fourth-order valence-corrected chi connectivity index (χ4v) is 3.47. The predicted octanol–water partition coefficient (Wildman–Crippen LogP) is 5.15. The Balaban J connectivity index is 1.53. The molecule has 7 nitrogen and oxygen atoms in total. The summed E-state index contributed by atoms with van der Waals surface area (Å²) in [5.41, 5.74) is 1.49. The van der Waals surface area contributed by atoms with Crippen LogP contribution < -0.4 is 5.32 Å². The average Bonchev–Trinajstić information content (AvgIpc) is 3.44. The van der Waals surface area contributed by atoms with E-state index < -0.39 is 4.92 Å². The average molecular weight is 405 g/mol. The van der Waals surface area contributed by atoms with Gasteiger partial charge in [-0.1, -0.05) is 36.4 Å². The highest BCUT2D eigenvalue weighted by atomic mass is 32.1. The van der Waals surface area contributed by atoms with Crippen LogP contribution in [0.2, 0.25) is 0 Å². The molecule has 0 spiro atoms. The van der Waals surface area contributed by atoms with Gasteiger partial charge in [0.05, 0.1) is 22.0 Å². The molecule has 8 heteroatoms. The first-order valence-electron chi connectivity index (χ1n) is 8.72. The Morgan fingerprint density at radius 1 is 1.10 bits per heavy atom. The topological polar surface area (TPSA) is 98.3 Å². The maximum atomic E-state index is 12.6. The van der Waals surface area contributed by atoms with E-state index in [4.69, 9.17) is 4.42 Å². The molecule has 4 aromatic rings. The molecule has 144 valence electrons. The quantitative estimate of drug-likeness (QED) is 0.259. The van der Waals surface area contributed by atoms with Crippen molar-refractivity contribution >= 4 is 28.5 Å². The number of nitro benzene ring substituents is 1. The molecule has 4 rings (SSSR count). The van der Waals surface area contributed by atoms with Crippen molar-refractivity contribution in [2.75, 3.05) is 5.32 Å². The van der Waals surface area contributed by atoms with E-state index >= 15 is 0 Å². The van der Waals surface area contributed by atoms with Crippen molar-refractivity contribution in [2.24, 2.45) is 0 Å². The lowest BCUT2D eigenvalue weighted by atomic mass is 10.0. The number of oxazole rings is 1. The molecule has 0 saturated heterocycles. The highest BCUT2D eigenvalue weighted by Crippen LogP contribution is 2.28. The molecule has 0 atom stereocenters. The van der Waals surface area contributed by atoms with Crippen molar-refractivity contribution in [3.8, 4) is 10.8 Å². The Hall–Kier alpha value is -3.78. The first-order chi connectivity index (χ1) is 14.1. The Labute approximate surface area is 169 Å². The number of ketones is 1. The number of nitro groups is 1. The number of benzene rings is 2. The number of nitrogens with one attached hydrogen (secondary N) is 1. The van der Waals surface area contributed by atoms with Gasteiger partial charge in [0, 0.05) is 17.2 Å². The minimum absolute atomic E-state index is 0.172. The summed E-state index contributed by atoms with van der Waals surface area (Å²) in [4.78, 5) is 28.9. The van der Waals surface area contributed by atoms with E-state index in [0.29, 0.717) is 22.8 Å². The van der Waals surface area contributed by atoms with Crippen LogP contribution in [0.4, 0.5) is 11.4 Å². The van der Waals surface area contributed by atoms with E-state index in [1.165, 1.54) is 29.7 Å². The zero-order chi connectivity index (χ0) is 20.2. The Morgan fingerprint density at radius 2 is 1.93 bits per heavy atom. The number of hydrogen-bond donors (Lipinski definition) is 1. The van der Waals surface area contributed by atoms with Gasteiger partial charge in [0.1, 0.15) is 12.0 Å². The van der Waals surface area contributed by atoms with E-state index in [1.807, 2.05) is 17.5 Å². The highest BCUT2D eigenvalue weighted by molar-refractivity contribution is 7.13. The summed E-state index contributed by atoms with van der Waals surface area (Å²) in [6.07, 6.45) is 1.52. The molecule has 1 N–H and O–H groups in total. The van der Waals surface area contributed by atoms with Gasteiger partial charge in [-0.3, -0.25) is 14.9 Å². The normalized spacial score (nSPS) is 10.6. The molecule has 0 bridgehead atoms. The summed E-state index contributed by atoms with van der Waals surface area (Å²) < 4.78 is 5.46. The fraction of sp³-hybridized carbons (Fsp3) is 0.0476. The molecule has 0 amide bonds. The summed E-state index contributed by atoms with van der Waals surface area (Å²) in [6, 6.07) is 16.9. The first kappa shape index (κ1) is 18.6. The van der Waals surface area contributed by atoms with Gasteiger partial charge in [-0.2, -0.15) is 0 Å². The Bertz CT molecular complexity index is 1150. The lowest BCUT2D eigenvalue weighted by Crippen LogP contribution is -2.06. The van der Waals surface area contributed by atoms with Crippen LogP contribution in [-0.4, -0.2) is 15.7 Å². The standard InChI is InChI=1S/C21H15N3O4S/c25-20(14-5-2-1-3-6-14)15-8-9-17(18(11-15)24(26)27)22-12-16-13-28-21(23-16)19-7-4-10-29-19/h1-11,13,22H,12H2. The fourth-order valence-electron chi connectivity index (χ4n) is 2.82. The van der Waals surface area contributed by atoms with Gasteiger partial charge in [0.15, 0.2) is 5.78 Å². The van der Waals surface area contributed by atoms with Crippen LogP contribution in [0.3, 0.4) is 0 Å². The highest BCUT2D eigenvalue weighted by Gasteiger charge is 2.19. The van der Waals surface area contributed by atoms with Crippen LogP contribution in [0.1, 0.15) is 21.6 Å². The molecule has 0 saturated carbocycles. The third-order valence-electron chi connectivity index (χ3n) is 4.24. The molecule has 0 fully saturated rings.